The average Bonchev–Trinajstić information content (AvgIpc) is 2.91. The first-order valence-corrected chi connectivity index (χ1v) is 8.64. The van der Waals surface area contributed by atoms with Gasteiger partial charge in [0.2, 0.25) is 0 Å². The summed E-state index contributed by atoms with van der Waals surface area (Å²) in [5.74, 6) is 1.20. The lowest BCUT2D eigenvalue weighted by Gasteiger charge is -2.06. The summed E-state index contributed by atoms with van der Waals surface area (Å²) in [7, 11) is 5.12. The molecular formula is C19H20N2O3S. The van der Waals surface area contributed by atoms with Crippen LogP contribution in [0.3, 0.4) is 0 Å². The second-order valence-electron chi connectivity index (χ2n) is 5.83. The van der Waals surface area contributed by atoms with Gasteiger partial charge in [0.15, 0.2) is 4.80 Å². The number of aromatic nitrogens is 1. The number of methoxy groups -OCH3 is 2. The van der Waals surface area contributed by atoms with Gasteiger partial charge in [-0.3, -0.25) is 4.79 Å². The minimum Gasteiger partial charge on any atom is -0.495 e. The van der Waals surface area contributed by atoms with Gasteiger partial charge in [0.05, 0.1) is 14.2 Å². The van der Waals surface area contributed by atoms with Crippen LogP contribution in [0, 0.1) is 13.8 Å². The van der Waals surface area contributed by atoms with E-state index < -0.39 is 0 Å². The molecule has 0 unspecified atom stereocenters. The number of rotatable bonds is 3. The zero-order valence-corrected chi connectivity index (χ0v) is 15.7. The van der Waals surface area contributed by atoms with Crippen molar-refractivity contribution in [3.63, 3.8) is 0 Å². The van der Waals surface area contributed by atoms with Crippen molar-refractivity contribution < 1.29 is 14.3 Å². The minimum absolute atomic E-state index is 0.252. The Morgan fingerprint density at radius 2 is 1.76 bits per heavy atom. The summed E-state index contributed by atoms with van der Waals surface area (Å²) in [6.45, 7) is 3.93. The van der Waals surface area contributed by atoms with Crippen molar-refractivity contribution in [1.82, 2.24) is 4.57 Å². The lowest BCUT2D eigenvalue weighted by molar-refractivity contribution is 0.0997. The summed E-state index contributed by atoms with van der Waals surface area (Å²) in [5.41, 5.74) is 3.52. The molecule has 0 bridgehead atoms. The van der Waals surface area contributed by atoms with Crippen LogP contribution in [-0.2, 0) is 7.05 Å². The van der Waals surface area contributed by atoms with E-state index in [4.69, 9.17) is 9.47 Å². The lowest BCUT2D eigenvalue weighted by atomic mass is 10.1. The van der Waals surface area contributed by atoms with Crippen molar-refractivity contribution in [2.24, 2.45) is 12.0 Å². The van der Waals surface area contributed by atoms with Crippen LogP contribution < -0.4 is 14.3 Å². The molecule has 0 aliphatic heterocycles. The first-order valence-electron chi connectivity index (χ1n) is 7.83. The number of ether oxygens (including phenoxy) is 2. The van der Waals surface area contributed by atoms with E-state index in [0.717, 1.165) is 32.8 Å². The number of fused-ring (bicyclic) bond motifs is 1. The summed E-state index contributed by atoms with van der Waals surface area (Å²) in [4.78, 5) is 17.6. The molecule has 0 aliphatic carbocycles. The van der Waals surface area contributed by atoms with Crippen molar-refractivity contribution >= 4 is 27.5 Å². The highest BCUT2D eigenvalue weighted by atomic mass is 32.1. The van der Waals surface area contributed by atoms with Crippen molar-refractivity contribution in [2.75, 3.05) is 14.2 Å². The van der Waals surface area contributed by atoms with Gasteiger partial charge >= 0.3 is 0 Å². The Bertz CT molecular complexity index is 1030. The summed E-state index contributed by atoms with van der Waals surface area (Å²) >= 11 is 1.41. The normalized spacial score (nSPS) is 11.8. The number of thiazole rings is 1. The Labute approximate surface area is 150 Å². The highest BCUT2D eigenvalue weighted by Crippen LogP contribution is 2.34. The van der Waals surface area contributed by atoms with E-state index in [2.05, 4.69) is 4.99 Å². The summed E-state index contributed by atoms with van der Waals surface area (Å²) in [5, 5.41) is 0. The third-order valence-electron chi connectivity index (χ3n) is 4.12. The highest BCUT2D eigenvalue weighted by molar-refractivity contribution is 7.16. The number of hydrogen-bond donors (Lipinski definition) is 0. The molecule has 3 aromatic rings. The maximum atomic E-state index is 12.6. The quantitative estimate of drug-likeness (QED) is 0.720. The topological polar surface area (TPSA) is 52.8 Å². The standard InChI is InChI=1S/C19H20N2O3S/c1-11-6-7-13(12(2)10-11)18(22)20-19-21(3)16-14(23-4)8-9-15(24-5)17(16)25-19/h6-10H,1-5H3. The SMILES string of the molecule is COc1ccc(OC)c2c1sc(=NC(=O)c1ccc(C)cc1C)n2C. The lowest BCUT2D eigenvalue weighted by Crippen LogP contribution is -2.14. The largest absolute Gasteiger partial charge is 0.495 e. The molecule has 0 N–H and O–H groups in total. The van der Waals surface area contributed by atoms with Gasteiger partial charge in [-0.15, -0.1) is 0 Å². The molecule has 0 atom stereocenters. The smallest absolute Gasteiger partial charge is 0.279 e. The fraction of sp³-hybridized carbons (Fsp3) is 0.263. The molecule has 0 radical (unpaired) electrons. The zero-order valence-electron chi connectivity index (χ0n) is 14.9. The summed E-state index contributed by atoms with van der Waals surface area (Å²) < 4.78 is 13.6. The third kappa shape index (κ3) is 3.05. The van der Waals surface area contributed by atoms with E-state index in [0.29, 0.717) is 10.4 Å². The predicted octanol–water partition coefficient (Wildman–Crippen LogP) is 3.61. The number of amides is 1. The van der Waals surface area contributed by atoms with Crippen LogP contribution in [0.4, 0.5) is 0 Å². The average molecular weight is 356 g/mol. The number of nitrogens with zero attached hydrogens (tertiary/aromatic N) is 2. The molecule has 0 spiro atoms. The molecule has 1 heterocycles. The maximum absolute atomic E-state index is 12.6. The molecule has 0 aliphatic rings. The molecule has 0 saturated heterocycles. The molecule has 130 valence electrons. The van der Waals surface area contributed by atoms with Crippen LogP contribution in [0.1, 0.15) is 21.5 Å². The summed E-state index contributed by atoms with van der Waals surface area (Å²) in [6, 6.07) is 9.44. The van der Waals surface area contributed by atoms with Crippen molar-refractivity contribution in [2.45, 2.75) is 13.8 Å². The maximum Gasteiger partial charge on any atom is 0.279 e. The first-order chi connectivity index (χ1) is 12.0. The van der Waals surface area contributed by atoms with Gasteiger partial charge in [0.25, 0.3) is 5.91 Å². The van der Waals surface area contributed by atoms with E-state index in [1.807, 2.05) is 55.8 Å². The fourth-order valence-corrected chi connectivity index (χ4v) is 3.96. The van der Waals surface area contributed by atoms with Crippen molar-refractivity contribution in [3.8, 4) is 11.5 Å². The molecule has 2 aromatic carbocycles. The Morgan fingerprint density at radius 3 is 2.40 bits per heavy atom. The van der Waals surface area contributed by atoms with E-state index in [-0.39, 0.29) is 5.91 Å². The Morgan fingerprint density at radius 1 is 1.08 bits per heavy atom. The van der Waals surface area contributed by atoms with Crippen LogP contribution in [0.5, 0.6) is 11.5 Å². The van der Waals surface area contributed by atoms with Crippen LogP contribution >= 0.6 is 11.3 Å². The van der Waals surface area contributed by atoms with E-state index in [9.17, 15) is 4.79 Å². The van der Waals surface area contributed by atoms with Crippen LogP contribution in [-0.4, -0.2) is 24.7 Å². The molecule has 1 amide bonds. The van der Waals surface area contributed by atoms with Crippen molar-refractivity contribution in [3.05, 3.63) is 51.8 Å². The summed E-state index contributed by atoms with van der Waals surface area (Å²) in [6.07, 6.45) is 0. The van der Waals surface area contributed by atoms with Gasteiger partial charge in [-0.2, -0.15) is 4.99 Å². The Balaban J connectivity index is 2.20. The van der Waals surface area contributed by atoms with Gasteiger partial charge < -0.3 is 14.0 Å². The fourth-order valence-electron chi connectivity index (χ4n) is 2.83. The molecule has 0 saturated carbocycles. The molecule has 0 fully saturated rings. The monoisotopic (exact) mass is 356 g/mol. The number of benzene rings is 2. The molecular weight excluding hydrogens is 336 g/mol. The number of carbonyl (C=O) groups excluding carboxylic acids is 1. The molecule has 3 rings (SSSR count). The van der Waals surface area contributed by atoms with Crippen LogP contribution in [0.2, 0.25) is 0 Å². The highest BCUT2D eigenvalue weighted by Gasteiger charge is 2.15. The Kier molecular flexibility index (Phi) is 4.63. The molecule has 1 aromatic heterocycles. The second-order valence-corrected chi connectivity index (χ2v) is 6.80. The van der Waals surface area contributed by atoms with E-state index in [1.165, 1.54) is 11.3 Å². The molecule has 6 heteroatoms. The third-order valence-corrected chi connectivity index (χ3v) is 5.27. The second kappa shape index (κ2) is 6.72. The van der Waals surface area contributed by atoms with Crippen molar-refractivity contribution in [1.29, 1.82) is 0 Å². The van der Waals surface area contributed by atoms with Crippen LogP contribution in [0.25, 0.3) is 10.2 Å². The van der Waals surface area contributed by atoms with Gasteiger partial charge in [0, 0.05) is 12.6 Å². The molecule has 5 nitrogen and oxygen atoms in total. The minimum atomic E-state index is -0.252. The van der Waals surface area contributed by atoms with Gasteiger partial charge in [-0.25, -0.2) is 0 Å². The first kappa shape index (κ1) is 17.2. The predicted molar refractivity (Wildman–Crippen MR) is 99.7 cm³/mol. The van der Waals surface area contributed by atoms with Gasteiger partial charge in [-0.05, 0) is 37.6 Å². The van der Waals surface area contributed by atoms with Gasteiger partial charge in [-0.1, -0.05) is 29.0 Å². The molecule has 25 heavy (non-hydrogen) atoms. The number of hydrogen-bond acceptors (Lipinski definition) is 4. The zero-order chi connectivity index (χ0) is 18.1. The number of aryl methyl sites for hydroxylation is 3. The Hall–Kier alpha value is -2.60. The van der Waals surface area contributed by atoms with E-state index in [1.54, 1.807) is 14.2 Å². The number of carbonyl (C=O) groups is 1. The van der Waals surface area contributed by atoms with E-state index >= 15 is 0 Å². The van der Waals surface area contributed by atoms with Crippen LogP contribution in [0.15, 0.2) is 35.3 Å². The van der Waals surface area contributed by atoms with Gasteiger partial charge in [0.1, 0.15) is 21.7 Å².